The summed E-state index contributed by atoms with van der Waals surface area (Å²) in [7, 11) is 1.89. The third kappa shape index (κ3) is 3.72. The van der Waals surface area contributed by atoms with E-state index in [0.29, 0.717) is 0 Å². The lowest BCUT2D eigenvalue weighted by atomic mass is 10.2. The van der Waals surface area contributed by atoms with Gasteiger partial charge in [0.1, 0.15) is 6.23 Å². The predicted octanol–water partition coefficient (Wildman–Crippen LogP) is 2.09. The van der Waals surface area contributed by atoms with Crippen LogP contribution in [0.2, 0.25) is 0 Å². The third-order valence-electron chi connectivity index (χ3n) is 1.80. The molecule has 1 heterocycles. The van der Waals surface area contributed by atoms with Crippen LogP contribution in [0, 0.1) is 0 Å². The zero-order valence-electron chi connectivity index (χ0n) is 8.42. The van der Waals surface area contributed by atoms with Crippen LogP contribution in [0.25, 0.3) is 0 Å². The van der Waals surface area contributed by atoms with Gasteiger partial charge < -0.3 is 4.74 Å². The Bertz CT molecular complexity index is 111. The van der Waals surface area contributed by atoms with E-state index in [-0.39, 0.29) is 6.23 Å². The molecule has 0 aliphatic carbocycles. The van der Waals surface area contributed by atoms with E-state index >= 15 is 0 Å². The van der Waals surface area contributed by atoms with E-state index in [4.69, 9.17) is 4.74 Å². The number of hydrogen-bond acceptors (Lipinski definition) is 3. The zero-order valence-corrected chi connectivity index (χ0v) is 8.42. The standard InChI is InChI=1S/C7H14N2O.C2H6/c1-8-9(2)7-5-3-4-6-10-7;1-2/h7H,1,3-6H2,2H3;1-2H3. The van der Waals surface area contributed by atoms with Crippen molar-refractivity contribution in [2.45, 2.75) is 39.3 Å². The minimum atomic E-state index is 0.172. The first kappa shape index (κ1) is 11.4. The Kier molecular flexibility index (Phi) is 6.76. The van der Waals surface area contributed by atoms with E-state index in [1.54, 1.807) is 5.01 Å². The molecule has 0 amide bonds. The molecule has 1 atom stereocenters. The maximum atomic E-state index is 5.42. The SMILES string of the molecule is C=NN(C)C1CCCCO1.CC. The molecule has 1 unspecified atom stereocenters. The van der Waals surface area contributed by atoms with Crippen molar-refractivity contribution in [1.82, 2.24) is 5.01 Å². The molecular weight excluding hydrogens is 152 g/mol. The van der Waals surface area contributed by atoms with Crippen LogP contribution in [0.3, 0.4) is 0 Å². The van der Waals surface area contributed by atoms with Crippen molar-refractivity contribution in [2.75, 3.05) is 13.7 Å². The van der Waals surface area contributed by atoms with Crippen LogP contribution in [0.5, 0.6) is 0 Å². The summed E-state index contributed by atoms with van der Waals surface area (Å²) in [6.45, 7) is 8.30. The largest absolute Gasteiger partial charge is 0.357 e. The Hall–Kier alpha value is -0.570. The monoisotopic (exact) mass is 172 g/mol. The molecule has 1 aliphatic rings. The molecule has 0 saturated carbocycles. The van der Waals surface area contributed by atoms with Crippen LogP contribution < -0.4 is 0 Å². The van der Waals surface area contributed by atoms with Crippen LogP contribution in [0.4, 0.5) is 0 Å². The van der Waals surface area contributed by atoms with Crippen molar-refractivity contribution in [3.05, 3.63) is 0 Å². The smallest absolute Gasteiger partial charge is 0.145 e. The van der Waals surface area contributed by atoms with Gasteiger partial charge in [0, 0.05) is 20.4 Å². The second-order valence-corrected chi connectivity index (χ2v) is 2.54. The van der Waals surface area contributed by atoms with Gasteiger partial charge in [-0.2, -0.15) is 5.10 Å². The van der Waals surface area contributed by atoms with Crippen molar-refractivity contribution < 1.29 is 4.74 Å². The maximum absolute atomic E-state index is 5.42. The first-order valence-electron chi connectivity index (χ1n) is 4.65. The molecule has 0 aromatic carbocycles. The fourth-order valence-electron chi connectivity index (χ4n) is 1.11. The summed E-state index contributed by atoms with van der Waals surface area (Å²) in [5.41, 5.74) is 0. The minimum absolute atomic E-state index is 0.172. The van der Waals surface area contributed by atoms with Gasteiger partial charge in [-0.1, -0.05) is 13.8 Å². The first-order valence-corrected chi connectivity index (χ1v) is 4.65. The normalized spacial score (nSPS) is 22.1. The highest BCUT2D eigenvalue weighted by atomic mass is 16.5. The van der Waals surface area contributed by atoms with Crippen molar-refractivity contribution >= 4 is 6.72 Å². The lowest BCUT2D eigenvalue weighted by Crippen LogP contribution is -2.32. The van der Waals surface area contributed by atoms with Gasteiger partial charge >= 0.3 is 0 Å². The van der Waals surface area contributed by atoms with E-state index in [1.807, 2.05) is 20.9 Å². The highest BCUT2D eigenvalue weighted by Gasteiger charge is 2.16. The zero-order chi connectivity index (χ0) is 9.40. The summed E-state index contributed by atoms with van der Waals surface area (Å²) < 4.78 is 5.42. The summed E-state index contributed by atoms with van der Waals surface area (Å²) in [5.74, 6) is 0. The third-order valence-corrected chi connectivity index (χ3v) is 1.80. The number of rotatable bonds is 2. The van der Waals surface area contributed by atoms with Crippen molar-refractivity contribution in [1.29, 1.82) is 0 Å². The topological polar surface area (TPSA) is 24.8 Å². The summed E-state index contributed by atoms with van der Waals surface area (Å²) in [6.07, 6.45) is 3.67. The minimum Gasteiger partial charge on any atom is -0.357 e. The predicted molar refractivity (Wildman–Crippen MR) is 52.3 cm³/mol. The van der Waals surface area contributed by atoms with Gasteiger partial charge in [-0.25, -0.2) is 0 Å². The Morgan fingerprint density at radius 2 is 2.08 bits per heavy atom. The molecule has 3 heteroatoms. The first-order chi connectivity index (χ1) is 5.84. The average Bonchev–Trinajstić information content (AvgIpc) is 2.21. The molecule has 0 aromatic rings. The van der Waals surface area contributed by atoms with Crippen molar-refractivity contribution in [2.24, 2.45) is 5.10 Å². The van der Waals surface area contributed by atoms with Gasteiger partial charge in [0.2, 0.25) is 0 Å². The lowest BCUT2D eigenvalue weighted by molar-refractivity contribution is -0.0738. The average molecular weight is 172 g/mol. The van der Waals surface area contributed by atoms with E-state index < -0.39 is 0 Å². The fourth-order valence-corrected chi connectivity index (χ4v) is 1.11. The maximum Gasteiger partial charge on any atom is 0.145 e. The van der Waals surface area contributed by atoms with Crippen LogP contribution >= 0.6 is 0 Å². The number of hydrazone groups is 1. The van der Waals surface area contributed by atoms with Crippen LogP contribution in [0.15, 0.2) is 5.10 Å². The van der Waals surface area contributed by atoms with E-state index in [2.05, 4.69) is 11.8 Å². The number of ether oxygens (including phenoxy) is 1. The van der Waals surface area contributed by atoms with Gasteiger partial charge in [0.15, 0.2) is 0 Å². The van der Waals surface area contributed by atoms with Crippen LogP contribution in [-0.4, -0.2) is 31.6 Å². The highest BCUT2D eigenvalue weighted by molar-refractivity contribution is 5.22. The molecule has 12 heavy (non-hydrogen) atoms. The van der Waals surface area contributed by atoms with Crippen LogP contribution in [-0.2, 0) is 4.74 Å². The quantitative estimate of drug-likeness (QED) is 0.470. The summed E-state index contributed by atoms with van der Waals surface area (Å²) in [5, 5.41) is 5.55. The lowest BCUT2D eigenvalue weighted by Gasteiger charge is -2.28. The Morgan fingerprint density at radius 3 is 2.50 bits per heavy atom. The Morgan fingerprint density at radius 1 is 1.42 bits per heavy atom. The van der Waals surface area contributed by atoms with Crippen LogP contribution in [0.1, 0.15) is 33.1 Å². The van der Waals surface area contributed by atoms with Gasteiger partial charge in [-0.05, 0) is 19.3 Å². The second-order valence-electron chi connectivity index (χ2n) is 2.54. The molecule has 1 saturated heterocycles. The molecule has 0 aromatic heterocycles. The van der Waals surface area contributed by atoms with Gasteiger partial charge in [0.05, 0.1) is 0 Å². The molecule has 1 rings (SSSR count). The fraction of sp³-hybridized carbons (Fsp3) is 0.889. The van der Waals surface area contributed by atoms with Gasteiger partial charge in [-0.15, -0.1) is 0 Å². The molecule has 0 spiro atoms. The van der Waals surface area contributed by atoms with Crippen molar-refractivity contribution in [3.8, 4) is 0 Å². The molecule has 0 radical (unpaired) electrons. The van der Waals surface area contributed by atoms with E-state index in [9.17, 15) is 0 Å². The Balaban J connectivity index is 0.000000561. The Labute approximate surface area is 75.4 Å². The number of nitrogens with zero attached hydrogens (tertiary/aromatic N) is 2. The molecule has 0 bridgehead atoms. The molecule has 1 fully saturated rings. The molecule has 72 valence electrons. The molecule has 0 N–H and O–H groups in total. The molecule has 1 aliphatic heterocycles. The van der Waals surface area contributed by atoms with E-state index in [1.165, 1.54) is 12.8 Å². The molecular formula is C9H20N2O. The second kappa shape index (κ2) is 7.10. The van der Waals surface area contributed by atoms with Crippen molar-refractivity contribution in [3.63, 3.8) is 0 Å². The van der Waals surface area contributed by atoms with Gasteiger partial charge in [-0.3, -0.25) is 5.01 Å². The van der Waals surface area contributed by atoms with E-state index in [0.717, 1.165) is 13.0 Å². The highest BCUT2D eigenvalue weighted by Crippen LogP contribution is 2.14. The molecule has 3 nitrogen and oxygen atoms in total. The number of hydrogen-bond donors (Lipinski definition) is 0. The summed E-state index contributed by atoms with van der Waals surface area (Å²) in [4.78, 5) is 0. The van der Waals surface area contributed by atoms with Gasteiger partial charge in [0.25, 0.3) is 0 Å². The summed E-state index contributed by atoms with van der Waals surface area (Å²) in [6, 6.07) is 0. The summed E-state index contributed by atoms with van der Waals surface area (Å²) >= 11 is 0.